The first kappa shape index (κ1) is 21.5. The number of morpholine rings is 1. The van der Waals surface area contributed by atoms with Crippen molar-refractivity contribution in [3.63, 3.8) is 0 Å². The van der Waals surface area contributed by atoms with Crippen LogP contribution in [0, 0.1) is 6.92 Å². The molecule has 1 fully saturated rings. The van der Waals surface area contributed by atoms with Gasteiger partial charge in [0.1, 0.15) is 5.75 Å². The Morgan fingerprint density at radius 2 is 2.07 bits per heavy atom. The van der Waals surface area contributed by atoms with E-state index in [0.717, 1.165) is 49.7 Å². The molecule has 1 aliphatic rings. The van der Waals surface area contributed by atoms with Gasteiger partial charge in [-0.1, -0.05) is 12.1 Å². The third-order valence-electron chi connectivity index (χ3n) is 4.53. The van der Waals surface area contributed by atoms with E-state index in [-0.39, 0.29) is 0 Å². The van der Waals surface area contributed by atoms with E-state index in [4.69, 9.17) is 9.47 Å². The van der Waals surface area contributed by atoms with Crippen molar-refractivity contribution in [3.05, 3.63) is 29.3 Å². The van der Waals surface area contributed by atoms with E-state index in [0.29, 0.717) is 25.6 Å². The monoisotopic (exact) mass is 378 g/mol. The van der Waals surface area contributed by atoms with Crippen LogP contribution in [0.15, 0.2) is 23.2 Å². The summed E-state index contributed by atoms with van der Waals surface area (Å²) in [5, 5.41) is 17.2. The molecular formula is C20H34N4O3. The quantitative estimate of drug-likeness (QED) is 0.465. The second-order valence-corrected chi connectivity index (χ2v) is 7.24. The fourth-order valence-electron chi connectivity index (χ4n) is 3.12. The molecule has 0 bridgehead atoms. The van der Waals surface area contributed by atoms with Crippen LogP contribution in [0.1, 0.15) is 25.0 Å². The minimum absolute atomic E-state index is 0.428. The predicted octanol–water partition coefficient (Wildman–Crippen LogP) is 1.14. The Hall–Kier alpha value is -1.83. The first-order valence-corrected chi connectivity index (χ1v) is 9.61. The Bertz CT molecular complexity index is 613. The number of guanidine groups is 1. The van der Waals surface area contributed by atoms with Crippen LogP contribution >= 0.6 is 0 Å². The van der Waals surface area contributed by atoms with Gasteiger partial charge in [0.2, 0.25) is 0 Å². The average Bonchev–Trinajstić information content (AvgIpc) is 2.64. The predicted molar refractivity (Wildman–Crippen MR) is 108 cm³/mol. The van der Waals surface area contributed by atoms with Gasteiger partial charge in [-0.2, -0.15) is 0 Å². The van der Waals surface area contributed by atoms with E-state index < -0.39 is 5.60 Å². The first-order valence-electron chi connectivity index (χ1n) is 9.61. The zero-order valence-corrected chi connectivity index (χ0v) is 17.0. The van der Waals surface area contributed by atoms with Crippen molar-refractivity contribution in [2.45, 2.75) is 32.9 Å². The van der Waals surface area contributed by atoms with Crippen LogP contribution in [0.5, 0.6) is 5.75 Å². The summed E-state index contributed by atoms with van der Waals surface area (Å²) < 4.78 is 10.7. The highest BCUT2D eigenvalue weighted by atomic mass is 16.5. The van der Waals surface area contributed by atoms with Crippen molar-refractivity contribution in [2.24, 2.45) is 4.99 Å². The molecule has 3 N–H and O–H groups in total. The van der Waals surface area contributed by atoms with Crippen LogP contribution in [-0.4, -0.2) is 74.6 Å². The topological polar surface area (TPSA) is 78.4 Å². The lowest BCUT2D eigenvalue weighted by Crippen LogP contribution is -2.52. The molecule has 0 aliphatic carbocycles. The molecule has 0 saturated carbocycles. The number of aliphatic hydroxyl groups is 1. The third kappa shape index (κ3) is 7.36. The number of hydrogen-bond acceptors (Lipinski definition) is 5. The summed E-state index contributed by atoms with van der Waals surface area (Å²) in [6, 6.07) is 6.07. The second-order valence-electron chi connectivity index (χ2n) is 7.24. The molecule has 1 aromatic carbocycles. The van der Waals surface area contributed by atoms with Crippen LogP contribution in [0.4, 0.5) is 0 Å². The smallest absolute Gasteiger partial charge is 0.191 e. The van der Waals surface area contributed by atoms with Gasteiger partial charge in [-0.25, -0.2) is 4.99 Å². The Morgan fingerprint density at radius 3 is 2.70 bits per heavy atom. The van der Waals surface area contributed by atoms with Crippen molar-refractivity contribution in [3.8, 4) is 5.75 Å². The van der Waals surface area contributed by atoms with Crippen molar-refractivity contribution in [1.82, 2.24) is 15.5 Å². The van der Waals surface area contributed by atoms with Gasteiger partial charge in [-0.05, 0) is 38.0 Å². The van der Waals surface area contributed by atoms with Gasteiger partial charge in [-0.3, -0.25) is 4.90 Å². The number of aliphatic imine (C=N–C) groups is 1. The lowest BCUT2D eigenvalue weighted by molar-refractivity contribution is -0.0201. The molecule has 1 aliphatic heterocycles. The summed E-state index contributed by atoms with van der Waals surface area (Å²) in [5.41, 5.74) is 1.37. The van der Waals surface area contributed by atoms with Crippen LogP contribution in [0.2, 0.25) is 0 Å². The molecule has 1 atom stereocenters. The minimum Gasteiger partial charge on any atom is -0.496 e. The number of hydrogen-bond donors (Lipinski definition) is 3. The van der Waals surface area contributed by atoms with Gasteiger partial charge in [-0.15, -0.1) is 0 Å². The van der Waals surface area contributed by atoms with E-state index in [9.17, 15) is 5.11 Å². The Kier molecular flexibility index (Phi) is 8.34. The van der Waals surface area contributed by atoms with Crippen molar-refractivity contribution in [2.75, 3.05) is 53.0 Å². The van der Waals surface area contributed by atoms with Crippen molar-refractivity contribution >= 4 is 5.96 Å². The molecule has 7 nitrogen and oxygen atoms in total. The number of benzene rings is 1. The van der Waals surface area contributed by atoms with Gasteiger partial charge in [0.25, 0.3) is 0 Å². The largest absolute Gasteiger partial charge is 0.496 e. The summed E-state index contributed by atoms with van der Waals surface area (Å²) in [7, 11) is 1.68. The molecule has 7 heteroatoms. The zero-order chi connectivity index (χ0) is 19.7. The van der Waals surface area contributed by atoms with Crippen LogP contribution in [0.25, 0.3) is 0 Å². The maximum atomic E-state index is 10.7. The van der Waals surface area contributed by atoms with Gasteiger partial charge in [0, 0.05) is 32.7 Å². The molecule has 0 radical (unpaired) electrons. The van der Waals surface area contributed by atoms with Crippen LogP contribution in [-0.2, 0) is 11.3 Å². The number of nitrogens with one attached hydrogen (secondary N) is 2. The normalized spacial score (nSPS) is 18.0. The molecule has 152 valence electrons. The molecule has 27 heavy (non-hydrogen) atoms. The number of nitrogens with zero attached hydrogens (tertiary/aromatic N) is 2. The fraction of sp³-hybridized carbons (Fsp3) is 0.650. The number of rotatable bonds is 8. The molecule has 0 amide bonds. The van der Waals surface area contributed by atoms with E-state index in [1.54, 1.807) is 7.11 Å². The summed E-state index contributed by atoms with van der Waals surface area (Å²) in [5.74, 6) is 1.58. The molecule has 1 heterocycles. The zero-order valence-electron chi connectivity index (χ0n) is 17.0. The molecule has 1 saturated heterocycles. The third-order valence-corrected chi connectivity index (χ3v) is 4.53. The maximum Gasteiger partial charge on any atom is 0.191 e. The number of aryl methyl sites for hydroxylation is 1. The molecule has 1 aromatic rings. The number of ether oxygens (including phenoxy) is 2. The standard InChI is InChI=1S/C20H34N4O3/c1-5-21-19(22-13-17-6-7-18(26-4)16(2)12-17)23-14-20(3,25)15-24-8-10-27-11-9-24/h6-7,12,25H,5,8-11,13-15H2,1-4H3,(H2,21,22,23). The van der Waals surface area contributed by atoms with Crippen molar-refractivity contribution < 1.29 is 14.6 Å². The fourth-order valence-corrected chi connectivity index (χ4v) is 3.12. The highest BCUT2D eigenvalue weighted by Crippen LogP contribution is 2.18. The summed E-state index contributed by atoms with van der Waals surface area (Å²) in [6.07, 6.45) is 0. The van der Waals surface area contributed by atoms with Gasteiger partial charge in [0.15, 0.2) is 5.96 Å². The van der Waals surface area contributed by atoms with Gasteiger partial charge in [0.05, 0.1) is 32.5 Å². The Morgan fingerprint density at radius 1 is 1.33 bits per heavy atom. The van der Waals surface area contributed by atoms with Gasteiger partial charge >= 0.3 is 0 Å². The van der Waals surface area contributed by atoms with Crippen LogP contribution < -0.4 is 15.4 Å². The lowest BCUT2D eigenvalue weighted by atomic mass is 10.1. The molecular weight excluding hydrogens is 344 g/mol. The highest BCUT2D eigenvalue weighted by Gasteiger charge is 2.25. The number of methoxy groups -OCH3 is 1. The SMILES string of the molecule is CCNC(=NCc1ccc(OC)c(C)c1)NCC(C)(O)CN1CCOCC1. The Balaban J connectivity index is 1.91. The van der Waals surface area contributed by atoms with E-state index >= 15 is 0 Å². The van der Waals surface area contributed by atoms with Gasteiger partial charge < -0.3 is 25.2 Å². The van der Waals surface area contributed by atoms with E-state index in [2.05, 4.69) is 26.6 Å². The minimum atomic E-state index is -0.843. The highest BCUT2D eigenvalue weighted by molar-refractivity contribution is 5.79. The summed E-state index contributed by atoms with van der Waals surface area (Å²) in [4.78, 5) is 6.87. The molecule has 0 spiro atoms. The average molecular weight is 379 g/mol. The summed E-state index contributed by atoms with van der Waals surface area (Å²) in [6.45, 7) is 11.5. The first-order chi connectivity index (χ1) is 12.9. The van der Waals surface area contributed by atoms with Crippen LogP contribution in [0.3, 0.4) is 0 Å². The van der Waals surface area contributed by atoms with E-state index in [1.165, 1.54) is 0 Å². The van der Waals surface area contributed by atoms with Crippen molar-refractivity contribution in [1.29, 1.82) is 0 Å². The maximum absolute atomic E-state index is 10.7. The summed E-state index contributed by atoms with van der Waals surface area (Å²) >= 11 is 0. The number of β-amino-alcohol motifs (C(OH)–C–C–N with tert-alkyl or cyclic N) is 1. The molecule has 2 rings (SSSR count). The molecule has 1 unspecified atom stereocenters. The second kappa shape index (κ2) is 10.5. The Labute approximate surface area is 162 Å². The lowest BCUT2D eigenvalue weighted by Gasteiger charge is -2.34. The molecule has 0 aromatic heterocycles. The van der Waals surface area contributed by atoms with E-state index in [1.807, 2.05) is 32.9 Å².